The molecule has 0 saturated carbocycles. The maximum Gasteiger partial charge on any atom is 0.414 e. The van der Waals surface area contributed by atoms with E-state index >= 15 is 0 Å². The zero-order chi connectivity index (χ0) is 26.4. The quantitative estimate of drug-likeness (QED) is 0.299. The van der Waals surface area contributed by atoms with Crippen molar-refractivity contribution >= 4 is 17.9 Å². The fraction of sp³-hybridized carbons (Fsp3) is 0.185. The highest BCUT2D eigenvalue weighted by Gasteiger charge is 2.36. The highest BCUT2D eigenvalue weighted by Crippen LogP contribution is 2.32. The lowest BCUT2D eigenvalue weighted by Crippen LogP contribution is -2.43. The van der Waals surface area contributed by atoms with E-state index in [9.17, 15) is 19.1 Å². The van der Waals surface area contributed by atoms with E-state index < -0.39 is 29.7 Å². The molecule has 2 aromatic heterocycles. The van der Waals surface area contributed by atoms with Crippen molar-refractivity contribution in [3.63, 3.8) is 0 Å². The minimum absolute atomic E-state index is 0.0204. The third kappa shape index (κ3) is 6.10. The molecule has 0 fully saturated rings. The fourth-order valence-corrected chi connectivity index (χ4v) is 3.64. The summed E-state index contributed by atoms with van der Waals surface area (Å²) < 4.78 is 30.5. The molecule has 0 aliphatic rings. The van der Waals surface area contributed by atoms with Crippen molar-refractivity contribution in [2.45, 2.75) is 32.0 Å². The monoisotopic (exact) mass is 505 g/mol. The Morgan fingerprint density at radius 3 is 2.38 bits per heavy atom. The summed E-state index contributed by atoms with van der Waals surface area (Å²) in [6.07, 6.45) is -0.0571. The number of hydrogen-bond acceptors (Lipinski definition) is 7. The largest absolute Gasteiger partial charge is 0.478 e. The number of amides is 1. The lowest BCUT2D eigenvalue weighted by Gasteiger charge is -2.25. The lowest BCUT2D eigenvalue weighted by atomic mass is 9.96. The van der Waals surface area contributed by atoms with Gasteiger partial charge in [0.15, 0.2) is 0 Å². The van der Waals surface area contributed by atoms with Gasteiger partial charge in [-0.25, -0.2) is 14.6 Å². The number of carbonyl (C=O) groups excluding carboxylic acids is 1. The Kier molecular flexibility index (Phi) is 7.47. The van der Waals surface area contributed by atoms with E-state index in [1.54, 1.807) is 19.1 Å². The Labute approximate surface area is 211 Å². The van der Waals surface area contributed by atoms with Gasteiger partial charge in [0.1, 0.15) is 11.7 Å². The molecular formula is C27H24FN3O6. The summed E-state index contributed by atoms with van der Waals surface area (Å²) in [5.74, 6) is -2.38. The van der Waals surface area contributed by atoms with Gasteiger partial charge in [-0.2, -0.15) is 4.39 Å². The molecule has 2 atom stereocenters. The molecular weight excluding hydrogens is 481 g/mol. The smallest absolute Gasteiger partial charge is 0.414 e. The van der Waals surface area contributed by atoms with Gasteiger partial charge in [-0.15, -0.1) is 0 Å². The molecule has 4 rings (SSSR count). The molecule has 2 N–H and O–H groups in total. The number of carboxylic acids is 1. The summed E-state index contributed by atoms with van der Waals surface area (Å²) in [6, 6.07) is 21.0. The second-order valence-electron chi connectivity index (χ2n) is 8.45. The van der Waals surface area contributed by atoms with Gasteiger partial charge in [0.05, 0.1) is 0 Å². The number of aromatic nitrogens is 2. The predicted octanol–water partition coefficient (Wildman–Crippen LogP) is 5.65. The molecule has 0 bridgehead atoms. The van der Waals surface area contributed by atoms with Gasteiger partial charge >= 0.3 is 12.1 Å². The number of aliphatic carboxylic acids is 1. The molecule has 0 aliphatic heterocycles. The second-order valence-corrected chi connectivity index (χ2v) is 8.45. The number of carboxylic acid groups (broad SMARTS) is 1. The van der Waals surface area contributed by atoms with E-state index in [1.165, 1.54) is 25.3 Å². The van der Waals surface area contributed by atoms with Crippen molar-refractivity contribution in [3.8, 4) is 17.0 Å². The molecule has 2 aromatic carbocycles. The Bertz CT molecular complexity index is 1360. The summed E-state index contributed by atoms with van der Waals surface area (Å²) in [5, 5.41) is 15.4. The van der Waals surface area contributed by atoms with E-state index in [0.717, 1.165) is 11.1 Å². The van der Waals surface area contributed by atoms with Crippen molar-refractivity contribution in [2.75, 3.05) is 5.32 Å². The summed E-state index contributed by atoms with van der Waals surface area (Å²) in [4.78, 5) is 28.5. The third-order valence-electron chi connectivity index (χ3n) is 5.61. The first kappa shape index (κ1) is 25.4. The number of ether oxygens (including phenoxy) is 2. The topological polar surface area (TPSA) is 124 Å². The number of anilines is 1. The number of nitrogens with zero attached hydrogens (tertiary/aromatic N) is 2. The fourth-order valence-electron chi connectivity index (χ4n) is 3.64. The molecule has 9 nitrogen and oxygen atoms in total. The summed E-state index contributed by atoms with van der Waals surface area (Å²) in [5.41, 5.74) is 0.0394. The number of rotatable bonds is 9. The Hall–Kier alpha value is -4.73. The predicted molar refractivity (Wildman–Crippen MR) is 131 cm³/mol. The Morgan fingerprint density at radius 1 is 1.08 bits per heavy atom. The SMILES string of the molecule is CC(OC(=O)Nc1onc(F)c1-c1ccc(OC(C)(Cc2ccccc2)C(=O)O)nc1)c1ccccc1. The van der Waals surface area contributed by atoms with Crippen LogP contribution in [-0.2, 0) is 16.0 Å². The van der Waals surface area contributed by atoms with Crippen molar-refractivity contribution in [1.82, 2.24) is 10.1 Å². The Balaban J connectivity index is 1.47. The second kappa shape index (κ2) is 10.9. The average molecular weight is 506 g/mol. The van der Waals surface area contributed by atoms with E-state index in [4.69, 9.17) is 14.0 Å². The molecule has 0 radical (unpaired) electrons. The third-order valence-corrected chi connectivity index (χ3v) is 5.61. The average Bonchev–Trinajstić information content (AvgIpc) is 3.25. The van der Waals surface area contributed by atoms with Crippen LogP contribution in [0.25, 0.3) is 11.1 Å². The molecule has 4 aromatic rings. The molecule has 0 saturated heterocycles. The number of benzene rings is 2. The highest BCUT2D eigenvalue weighted by atomic mass is 19.1. The van der Waals surface area contributed by atoms with Crippen LogP contribution in [-0.4, -0.2) is 32.9 Å². The zero-order valence-corrected chi connectivity index (χ0v) is 20.1. The van der Waals surface area contributed by atoms with E-state index in [1.807, 2.05) is 48.5 Å². The van der Waals surface area contributed by atoms with E-state index in [2.05, 4.69) is 15.5 Å². The van der Waals surface area contributed by atoms with Gasteiger partial charge in [0.25, 0.3) is 5.95 Å². The van der Waals surface area contributed by atoms with Crippen LogP contribution in [0.5, 0.6) is 5.88 Å². The molecule has 37 heavy (non-hydrogen) atoms. The van der Waals surface area contributed by atoms with Crippen molar-refractivity contribution in [2.24, 2.45) is 0 Å². The van der Waals surface area contributed by atoms with Crippen LogP contribution < -0.4 is 10.1 Å². The van der Waals surface area contributed by atoms with Crippen LogP contribution in [0.2, 0.25) is 0 Å². The normalized spacial score (nSPS) is 13.3. The van der Waals surface area contributed by atoms with E-state index in [-0.39, 0.29) is 29.3 Å². The lowest BCUT2D eigenvalue weighted by molar-refractivity contribution is -0.153. The number of nitrogens with one attached hydrogen (secondary N) is 1. The van der Waals surface area contributed by atoms with Gasteiger partial charge in [0, 0.05) is 24.2 Å². The molecule has 2 unspecified atom stereocenters. The molecule has 1 amide bonds. The van der Waals surface area contributed by atoms with Crippen LogP contribution in [0.15, 0.2) is 83.5 Å². The van der Waals surface area contributed by atoms with Crippen molar-refractivity contribution in [1.29, 1.82) is 0 Å². The first-order valence-corrected chi connectivity index (χ1v) is 11.4. The van der Waals surface area contributed by atoms with Crippen LogP contribution in [0, 0.1) is 5.95 Å². The van der Waals surface area contributed by atoms with Gasteiger partial charge in [-0.05, 0) is 36.2 Å². The Morgan fingerprint density at radius 2 is 1.76 bits per heavy atom. The van der Waals surface area contributed by atoms with Gasteiger partial charge in [0.2, 0.25) is 17.4 Å². The number of halogens is 1. The summed E-state index contributed by atoms with van der Waals surface area (Å²) in [7, 11) is 0. The van der Waals surface area contributed by atoms with Crippen LogP contribution in [0.1, 0.15) is 31.1 Å². The minimum atomic E-state index is -1.59. The van der Waals surface area contributed by atoms with E-state index in [0.29, 0.717) is 0 Å². The zero-order valence-electron chi connectivity index (χ0n) is 20.1. The molecule has 190 valence electrons. The molecule has 0 spiro atoms. The number of pyridine rings is 1. The first-order valence-electron chi connectivity index (χ1n) is 11.4. The molecule has 2 heterocycles. The maximum absolute atomic E-state index is 14.5. The van der Waals surface area contributed by atoms with Crippen LogP contribution >= 0.6 is 0 Å². The van der Waals surface area contributed by atoms with Gasteiger partial charge < -0.3 is 19.1 Å². The summed E-state index contributed by atoms with van der Waals surface area (Å²) >= 11 is 0. The first-order chi connectivity index (χ1) is 17.7. The van der Waals surface area contributed by atoms with Gasteiger partial charge in [-0.3, -0.25) is 5.32 Å². The van der Waals surface area contributed by atoms with Crippen molar-refractivity contribution in [3.05, 3.63) is 96.1 Å². The number of hydrogen-bond donors (Lipinski definition) is 2. The van der Waals surface area contributed by atoms with Crippen molar-refractivity contribution < 1.29 is 33.1 Å². The summed E-state index contributed by atoms with van der Waals surface area (Å²) in [6.45, 7) is 3.14. The maximum atomic E-state index is 14.5. The van der Waals surface area contributed by atoms with Gasteiger partial charge in [-0.1, -0.05) is 60.7 Å². The molecule has 0 aliphatic carbocycles. The highest BCUT2D eigenvalue weighted by molar-refractivity contribution is 5.88. The van der Waals surface area contributed by atoms with Crippen LogP contribution in [0.4, 0.5) is 15.1 Å². The van der Waals surface area contributed by atoms with Crippen LogP contribution in [0.3, 0.4) is 0 Å². The number of carbonyl (C=O) groups is 2. The standard InChI is InChI=1S/C27H24FN3O6/c1-17(19-11-7-4-8-12-19)35-26(34)30-24-22(23(28)31-37-24)20-13-14-21(29-16-20)36-27(2,25(32)33)15-18-9-5-3-6-10-18/h3-14,16-17H,15H2,1-2H3,(H,30,34)(H,32,33). The molecule has 10 heteroatoms. The minimum Gasteiger partial charge on any atom is -0.478 e.